The number of hydrogen-bond donors (Lipinski definition) is 2. The third kappa shape index (κ3) is 6.10. The van der Waals surface area contributed by atoms with Gasteiger partial charge in [-0.1, -0.05) is 36.4 Å². The summed E-state index contributed by atoms with van der Waals surface area (Å²) in [7, 11) is -0.192. The Kier molecular flexibility index (Phi) is 8.74. The van der Waals surface area contributed by atoms with E-state index in [0.29, 0.717) is 18.7 Å². The van der Waals surface area contributed by atoms with Crippen LogP contribution in [0.2, 0.25) is 0 Å². The zero-order valence-electron chi connectivity index (χ0n) is 14.8. The minimum Gasteiger partial charge on any atom is -0.340 e. The second-order valence-electron chi connectivity index (χ2n) is 5.67. The molecule has 2 aromatic carbocycles. The van der Waals surface area contributed by atoms with E-state index in [0.717, 1.165) is 5.56 Å². The Morgan fingerprint density at radius 2 is 1.77 bits per heavy atom. The summed E-state index contributed by atoms with van der Waals surface area (Å²) in [5.74, 6) is -0.213. The van der Waals surface area contributed by atoms with E-state index in [1.54, 1.807) is 24.1 Å². The monoisotopic (exact) mass is 397 g/mol. The van der Waals surface area contributed by atoms with Crippen LogP contribution in [0.1, 0.15) is 15.9 Å². The lowest BCUT2D eigenvalue weighted by molar-refractivity contribution is 0.0796. The van der Waals surface area contributed by atoms with Crippen LogP contribution in [0.4, 0.5) is 0 Å². The molecule has 2 aromatic rings. The number of nitrogens with one attached hydrogen (secondary N) is 2. The highest BCUT2D eigenvalue weighted by Gasteiger charge is 2.17. The van der Waals surface area contributed by atoms with Crippen molar-refractivity contribution >= 4 is 28.3 Å². The number of rotatable bonds is 8. The van der Waals surface area contributed by atoms with Gasteiger partial charge < -0.3 is 10.2 Å². The summed E-state index contributed by atoms with van der Waals surface area (Å²) in [5, 5.41) is 2.97. The van der Waals surface area contributed by atoms with Crippen LogP contribution < -0.4 is 10.0 Å². The molecular formula is C18H24ClN3O3S. The molecule has 0 saturated carbocycles. The van der Waals surface area contributed by atoms with Crippen molar-refractivity contribution in [3.63, 3.8) is 0 Å². The zero-order chi connectivity index (χ0) is 18.3. The second kappa shape index (κ2) is 10.3. The number of halogens is 1. The molecule has 6 nitrogen and oxygen atoms in total. The van der Waals surface area contributed by atoms with E-state index in [1.165, 1.54) is 12.1 Å². The predicted octanol–water partition coefficient (Wildman–Crippen LogP) is 1.88. The molecule has 0 bridgehead atoms. The van der Waals surface area contributed by atoms with Crippen LogP contribution in [0.5, 0.6) is 0 Å². The number of sulfonamides is 1. The molecule has 1 amide bonds. The Hall–Kier alpha value is -1.93. The first-order valence-electron chi connectivity index (χ1n) is 7.98. The quantitative estimate of drug-likeness (QED) is 0.712. The number of likely N-dealkylation sites (N-methyl/N-ethyl adjacent to an activating group) is 2. The molecule has 0 unspecified atom stereocenters. The molecule has 2 rings (SSSR count). The molecule has 0 aliphatic heterocycles. The van der Waals surface area contributed by atoms with E-state index in [-0.39, 0.29) is 29.8 Å². The number of nitrogens with zero attached hydrogens (tertiary/aromatic N) is 1. The minimum atomic E-state index is -3.69. The standard InChI is InChI=1S/C18H23N3O3S.ClH/c1-19-11-12-21(2)18(22)16-9-6-10-17(13-16)25(23,24)20-14-15-7-4-3-5-8-15;/h3-10,13,19-20H,11-12,14H2,1-2H3;1H. The van der Waals surface area contributed by atoms with E-state index in [2.05, 4.69) is 10.0 Å². The lowest BCUT2D eigenvalue weighted by atomic mass is 10.2. The molecular weight excluding hydrogens is 374 g/mol. The molecule has 142 valence electrons. The highest BCUT2D eigenvalue weighted by Crippen LogP contribution is 2.13. The van der Waals surface area contributed by atoms with Gasteiger partial charge in [0.15, 0.2) is 0 Å². The van der Waals surface area contributed by atoms with Gasteiger partial charge in [0.05, 0.1) is 4.90 Å². The largest absolute Gasteiger partial charge is 0.340 e. The SMILES string of the molecule is CNCCN(C)C(=O)c1cccc(S(=O)(=O)NCc2ccccc2)c1.Cl. The molecule has 8 heteroatoms. The number of amides is 1. The van der Waals surface area contributed by atoms with Gasteiger partial charge in [-0.15, -0.1) is 12.4 Å². The summed E-state index contributed by atoms with van der Waals surface area (Å²) in [6.45, 7) is 1.40. The summed E-state index contributed by atoms with van der Waals surface area (Å²) >= 11 is 0. The van der Waals surface area contributed by atoms with Crippen LogP contribution in [0.25, 0.3) is 0 Å². The van der Waals surface area contributed by atoms with Crippen molar-refractivity contribution in [2.75, 3.05) is 27.2 Å². The number of hydrogen-bond acceptors (Lipinski definition) is 4. The molecule has 0 fully saturated rings. The zero-order valence-corrected chi connectivity index (χ0v) is 16.4. The summed E-state index contributed by atoms with van der Waals surface area (Å²) in [6, 6.07) is 15.4. The van der Waals surface area contributed by atoms with Gasteiger partial charge in [0, 0.05) is 32.2 Å². The minimum absolute atomic E-state index is 0. The van der Waals surface area contributed by atoms with E-state index in [9.17, 15) is 13.2 Å². The lowest BCUT2D eigenvalue weighted by Crippen LogP contribution is -2.33. The molecule has 26 heavy (non-hydrogen) atoms. The molecule has 0 heterocycles. The maximum atomic E-state index is 12.5. The lowest BCUT2D eigenvalue weighted by Gasteiger charge is -2.17. The topological polar surface area (TPSA) is 78.5 Å². The first kappa shape index (κ1) is 22.1. The molecule has 0 aliphatic carbocycles. The smallest absolute Gasteiger partial charge is 0.253 e. The van der Waals surface area contributed by atoms with Crippen LogP contribution in [-0.2, 0) is 16.6 Å². The second-order valence-corrected chi connectivity index (χ2v) is 7.44. The predicted molar refractivity (Wildman–Crippen MR) is 105 cm³/mol. The van der Waals surface area contributed by atoms with Crippen molar-refractivity contribution in [1.29, 1.82) is 0 Å². The van der Waals surface area contributed by atoms with Crippen molar-refractivity contribution in [3.05, 3.63) is 65.7 Å². The van der Waals surface area contributed by atoms with E-state index < -0.39 is 10.0 Å². The first-order chi connectivity index (χ1) is 11.9. The van der Waals surface area contributed by atoms with Crippen LogP contribution in [0.15, 0.2) is 59.5 Å². The van der Waals surface area contributed by atoms with Crippen molar-refractivity contribution in [2.24, 2.45) is 0 Å². The highest BCUT2D eigenvalue weighted by atomic mass is 35.5. The molecule has 0 atom stereocenters. The first-order valence-corrected chi connectivity index (χ1v) is 9.46. The fourth-order valence-electron chi connectivity index (χ4n) is 2.26. The molecule has 0 spiro atoms. The summed E-state index contributed by atoms with van der Waals surface area (Å²) in [4.78, 5) is 14.0. The summed E-state index contributed by atoms with van der Waals surface area (Å²) < 4.78 is 27.5. The third-order valence-electron chi connectivity index (χ3n) is 3.74. The van der Waals surface area contributed by atoms with Crippen LogP contribution in [-0.4, -0.2) is 46.4 Å². The third-order valence-corrected chi connectivity index (χ3v) is 5.14. The molecule has 0 aromatic heterocycles. The number of carbonyl (C=O) groups is 1. The van der Waals surface area contributed by atoms with E-state index in [1.807, 2.05) is 37.4 Å². The maximum Gasteiger partial charge on any atom is 0.253 e. The highest BCUT2D eigenvalue weighted by molar-refractivity contribution is 7.89. The van der Waals surface area contributed by atoms with Crippen LogP contribution >= 0.6 is 12.4 Å². The van der Waals surface area contributed by atoms with E-state index >= 15 is 0 Å². The Balaban J connectivity index is 0.00000338. The Morgan fingerprint density at radius 3 is 2.42 bits per heavy atom. The van der Waals surface area contributed by atoms with E-state index in [4.69, 9.17) is 0 Å². The Morgan fingerprint density at radius 1 is 1.08 bits per heavy atom. The van der Waals surface area contributed by atoms with Gasteiger partial charge in [-0.2, -0.15) is 0 Å². The Labute approximate surface area is 161 Å². The Bertz CT molecular complexity index is 813. The van der Waals surface area contributed by atoms with Crippen molar-refractivity contribution in [2.45, 2.75) is 11.4 Å². The number of carbonyl (C=O) groups excluding carboxylic acids is 1. The summed E-state index contributed by atoms with van der Waals surface area (Å²) in [5.41, 5.74) is 1.21. The molecule has 0 aliphatic rings. The van der Waals surface area contributed by atoms with Gasteiger partial charge >= 0.3 is 0 Å². The molecule has 2 N–H and O–H groups in total. The van der Waals surface area contributed by atoms with Gasteiger partial charge in [0.2, 0.25) is 10.0 Å². The molecule has 0 saturated heterocycles. The fraction of sp³-hybridized carbons (Fsp3) is 0.278. The van der Waals surface area contributed by atoms with Gasteiger partial charge in [-0.25, -0.2) is 13.1 Å². The molecule has 0 radical (unpaired) electrons. The maximum absolute atomic E-state index is 12.5. The van der Waals surface area contributed by atoms with Crippen molar-refractivity contribution in [3.8, 4) is 0 Å². The average Bonchev–Trinajstić information content (AvgIpc) is 2.65. The van der Waals surface area contributed by atoms with Gasteiger partial charge in [0.25, 0.3) is 5.91 Å². The normalized spacial score (nSPS) is 10.8. The van der Waals surface area contributed by atoms with Crippen molar-refractivity contribution < 1.29 is 13.2 Å². The van der Waals surface area contributed by atoms with Crippen LogP contribution in [0.3, 0.4) is 0 Å². The number of benzene rings is 2. The van der Waals surface area contributed by atoms with Gasteiger partial charge in [0.1, 0.15) is 0 Å². The summed E-state index contributed by atoms with van der Waals surface area (Å²) in [6.07, 6.45) is 0. The van der Waals surface area contributed by atoms with Gasteiger partial charge in [-0.05, 0) is 30.8 Å². The fourth-order valence-corrected chi connectivity index (χ4v) is 3.32. The van der Waals surface area contributed by atoms with Crippen LogP contribution in [0, 0.1) is 0 Å². The average molecular weight is 398 g/mol. The van der Waals surface area contributed by atoms with Gasteiger partial charge in [-0.3, -0.25) is 4.79 Å². The van der Waals surface area contributed by atoms with Crippen molar-refractivity contribution in [1.82, 2.24) is 14.9 Å².